The van der Waals surface area contributed by atoms with Gasteiger partial charge in [0.1, 0.15) is 11.8 Å². The van der Waals surface area contributed by atoms with Crippen molar-refractivity contribution in [3.05, 3.63) is 24.8 Å². The number of aromatic nitrogens is 3. The topological polar surface area (TPSA) is 57.0 Å². The van der Waals surface area contributed by atoms with Crippen LogP contribution >= 0.6 is 0 Å². The van der Waals surface area contributed by atoms with Gasteiger partial charge in [0, 0.05) is 6.20 Å². The largest absolute Gasteiger partial charge is 0.452 e. The third-order valence-corrected chi connectivity index (χ3v) is 1.72. The second-order valence-electron chi connectivity index (χ2n) is 2.45. The van der Waals surface area contributed by atoms with Gasteiger partial charge in [0.15, 0.2) is 0 Å². The Morgan fingerprint density at radius 3 is 3.23 bits per heavy atom. The second-order valence-corrected chi connectivity index (χ2v) is 2.45. The van der Waals surface area contributed by atoms with Crippen molar-refractivity contribution in [2.45, 2.75) is 0 Å². The molecule has 0 radical (unpaired) electrons. The molecule has 66 valence electrons. The van der Waals surface area contributed by atoms with Gasteiger partial charge in [-0.1, -0.05) is 0 Å². The van der Waals surface area contributed by atoms with Gasteiger partial charge < -0.3 is 4.74 Å². The van der Waals surface area contributed by atoms with E-state index in [1.54, 1.807) is 18.5 Å². The van der Waals surface area contributed by atoms with Crippen LogP contribution in [0.4, 0.5) is 4.79 Å². The van der Waals surface area contributed by atoms with Gasteiger partial charge in [-0.15, -0.1) is 0 Å². The number of hydrogen-bond acceptors (Lipinski definition) is 4. The van der Waals surface area contributed by atoms with E-state index in [1.165, 1.54) is 18.0 Å². The summed E-state index contributed by atoms with van der Waals surface area (Å²) in [5, 5.41) is 0. The molecule has 0 amide bonds. The predicted molar refractivity (Wildman–Crippen MR) is 45.3 cm³/mol. The first-order chi connectivity index (χ1) is 6.33. The van der Waals surface area contributed by atoms with E-state index in [-0.39, 0.29) is 0 Å². The lowest BCUT2D eigenvalue weighted by molar-refractivity contribution is 0.174. The highest BCUT2D eigenvalue weighted by molar-refractivity contribution is 5.85. The van der Waals surface area contributed by atoms with E-state index < -0.39 is 6.09 Å². The summed E-state index contributed by atoms with van der Waals surface area (Å²) in [5.41, 5.74) is 1.37. The minimum atomic E-state index is -0.450. The lowest BCUT2D eigenvalue weighted by Crippen LogP contribution is -2.09. The highest BCUT2D eigenvalue weighted by Gasteiger charge is 2.08. The van der Waals surface area contributed by atoms with Crippen LogP contribution < -0.4 is 0 Å². The van der Waals surface area contributed by atoms with Gasteiger partial charge in [-0.2, -0.15) is 0 Å². The van der Waals surface area contributed by atoms with Gasteiger partial charge in [-0.3, -0.25) is 4.98 Å². The number of fused-ring (bicyclic) bond motifs is 1. The van der Waals surface area contributed by atoms with Gasteiger partial charge in [0.2, 0.25) is 0 Å². The minimum absolute atomic E-state index is 0.450. The minimum Gasteiger partial charge on any atom is -0.452 e. The predicted octanol–water partition coefficient (Wildman–Crippen LogP) is 1.05. The van der Waals surface area contributed by atoms with E-state index in [1.807, 2.05) is 0 Å². The molecule has 0 fully saturated rings. The number of imidazole rings is 1. The molecule has 0 atom stereocenters. The number of ether oxygens (including phenoxy) is 1. The zero-order valence-electron chi connectivity index (χ0n) is 6.97. The summed E-state index contributed by atoms with van der Waals surface area (Å²) < 4.78 is 5.90. The monoisotopic (exact) mass is 177 g/mol. The van der Waals surface area contributed by atoms with Gasteiger partial charge in [0.25, 0.3) is 0 Å². The molecule has 5 nitrogen and oxygen atoms in total. The Bertz CT molecular complexity index is 449. The highest BCUT2D eigenvalue weighted by atomic mass is 16.5. The summed E-state index contributed by atoms with van der Waals surface area (Å²) in [7, 11) is 1.33. The van der Waals surface area contributed by atoms with Crippen LogP contribution in [-0.4, -0.2) is 27.7 Å². The lowest BCUT2D eigenvalue weighted by Gasteiger charge is -1.98. The van der Waals surface area contributed by atoms with Gasteiger partial charge in [-0.25, -0.2) is 14.3 Å². The summed E-state index contributed by atoms with van der Waals surface area (Å²) in [6, 6.07) is 1.71. The van der Waals surface area contributed by atoms with Crippen LogP contribution in [0.1, 0.15) is 0 Å². The summed E-state index contributed by atoms with van der Waals surface area (Å²) in [6.45, 7) is 0. The molecular weight excluding hydrogens is 170 g/mol. The van der Waals surface area contributed by atoms with Crippen molar-refractivity contribution in [1.29, 1.82) is 0 Å². The van der Waals surface area contributed by atoms with Crippen LogP contribution in [0.3, 0.4) is 0 Å². The Balaban J connectivity index is 2.64. The zero-order chi connectivity index (χ0) is 9.26. The molecule has 5 heteroatoms. The summed E-state index contributed by atoms with van der Waals surface area (Å²) >= 11 is 0. The lowest BCUT2D eigenvalue weighted by atomic mass is 10.4. The molecule has 2 rings (SSSR count). The van der Waals surface area contributed by atoms with Crippen LogP contribution in [0.5, 0.6) is 0 Å². The Morgan fingerprint density at radius 2 is 2.46 bits per heavy atom. The molecule has 2 aromatic heterocycles. The molecule has 0 saturated carbocycles. The van der Waals surface area contributed by atoms with E-state index in [0.29, 0.717) is 11.0 Å². The first-order valence-corrected chi connectivity index (χ1v) is 3.68. The van der Waals surface area contributed by atoms with Crippen molar-refractivity contribution in [2.24, 2.45) is 0 Å². The molecular formula is C8H7N3O2. The summed E-state index contributed by atoms with van der Waals surface area (Å²) in [6.07, 6.45) is 4.16. The number of pyridine rings is 1. The second kappa shape index (κ2) is 2.85. The van der Waals surface area contributed by atoms with Crippen molar-refractivity contribution in [2.75, 3.05) is 7.11 Å². The van der Waals surface area contributed by atoms with Crippen LogP contribution in [-0.2, 0) is 4.74 Å². The molecule has 0 aliphatic rings. The maximum absolute atomic E-state index is 11.2. The number of nitrogens with zero attached hydrogens (tertiary/aromatic N) is 3. The van der Waals surface area contributed by atoms with Crippen molar-refractivity contribution in [3.63, 3.8) is 0 Å². The fraction of sp³-hybridized carbons (Fsp3) is 0.125. The first-order valence-electron chi connectivity index (χ1n) is 3.68. The number of rotatable bonds is 0. The van der Waals surface area contributed by atoms with E-state index in [2.05, 4.69) is 14.7 Å². The summed E-state index contributed by atoms with van der Waals surface area (Å²) in [4.78, 5) is 19.0. The van der Waals surface area contributed by atoms with Crippen molar-refractivity contribution < 1.29 is 9.53 Å². The quantitative estimate of drug-likeness (QED) is 0.603. The molecule has 0 spiro atoms. The third-order valence-electron chi connectivity index (χ3n) is 1.72. The van der Waals surface area contributed by atoms with Crippen LogP contribution in [0, 0.1) is 0 Å². The number of carbonyl (C=O) groups excluding carboxylic acids is 1. The van der Waals surface area contributed by atoms with Crippen LogP contribution in [0.15, 0.2) is 24.8 Å². The molecule has 0 N–H and O–H groups in total. The maximum Gasteiger partial charge on any atom is 0.419 e. The molecule has 0 saturated heterocycles. The maximum atomic E-state index is 11.2. The number of hydrogen-bond donors (Lipinski definition) is 0. The zero-order valence-corrected chi connectivity index (χ0v) is 6.97. The average molecular weight is 177 g/mol. The average Bonchev–Trinajstić information content (AvgIpc) is 2.60. The van der Waals surface area contributed by atoms with Crippen molar-refractivity contribution >= 4 is 17.1 Å². The van der Waals surface area contributed by atoms with E-state index in [4.69, 9.17) is 0 Å². The molecule has 13 heavy (non-hydrogen) atoms. The highest BCUT2D eigenvalue weighted by Crippen LogP contribution is 2.09. The Hall–Kier alpha value is -1.91. The van der Waals surface area contributed by atoms with E-state index in [0.717, 1.165) is 0 Å². The van der Waals surface area contributed by atoms with Crippen molar-refractivity contribution in [3.8, 4) is 0 Å². The smallest absolute Gasteiger partial charge is 0.419 e. The molecule has 0 bridgehead atoms. The number of carbonyl (C=O) groups is 1. The molecule has 2 aromatic rings. The standard InChI is InChI=1S/C8H7N3O2/c1-13-8(12)11-5-10-6-4-9-3-2-7(6)11/h2-5H,1H3. The Kier molecular flexibility index (Phi) is 1.70. The van der Waals surface area contributed by atoms with E-state index >= 15 is 0 Å². The first kappa shape index (κ1) is 7.72. The third kappa shape index (κ3) is 1.14. The summed E-state index contributed by atoms with van der Waals surface area (Å²) in [5.74, 6) is 0. The normalized spacial score (nSPS) is 10.2. The SMILES string of the molecule is COC(=O)n1cnc2cnccc21. The van der Waals surface area contributed by atoms with E-state index in [9.17, 15) is 4.79 Å². The van der Waals surface area contributed by atoms with Crippen LogP contribution in [0.2, 0.25) is 0 Å². The van der Waals surface area contributed by atoms with Crippen molar-refractivity contribution in [1.82, 2.24) is 14.5 Å². The Morgan fingerprint density at radius 1 is 1.62 bits per heavy atom. The van der Waals surface area contributed by atoms with Gasteiger partial charge >= 0.3 is 6.09 Å². The molecule has 0 unspecified atom stereocenters. The molecule has 2 heterocycles. The molecule has 0 aliphatic carbocycles. The van der Waals surface area contributed by atoms with Gasteiger partial charge in [-0.05, 0) is 6.07 Å². The number of methoxy groups -OCH3 is 1. The fourth-order valence-corrected chi connectivity index (χ4v) is 1.11. The fourth-order valence-electron chi connectivity index (χ4n) is 1.11. The van der Waals surface area contributed by atoms with Gasteiger partial charge in [0.05, 0.1) is 18.8 Å². The Labute approximate surface area is 74.0 Å². The molecule has 0 aliphatic heterocycles. The molecule has 0 aromatic carbocycles. The van der Waals surface area contributed by atoms with Crippen LogP contribution in [0.25, 0.3) is 11.0 Å².